The van der Waals surface area contributed by atoms with Crippen molar-refractivity contribution in [2.24, 2.45) is 41.4 Å². The summed E-state index contributed by atoms with van der Waals surface area (Å²) in [5.74, 6) is -2.90. The van der Waals surface area contributed by atoms with Gasteiger partial charge in [0.25, 0.3) is 0 Å². The number of aliphatic hydroxyl groups excluding tert-OH is 3. The van der Waals surface area contributed by atoms with E-state index in [1.807, 2.05) is 20.8 Å². The smallest absolute Gasteiger partial charge is 0.311 e. The Labute approximate surface area is 182 Å². The molecule has 0 saturated carbocycles. The SMILES string of the molecule is CC[C@H]1OC(=O)[C@H](C)[C@@H](O)[C@H](C)[C@@H](O)[C@@H](C)C[C@@H](C)C[C@@H](C)C(=O)[C@H](C)[C@@H](O)[C@H]1C. The largest absolute Gasteiger partial charge is 0.462 e. The molecule has 1 aliphatic rings. The third-order valence-corrected chi connectivity index (χ3v) is 7.32. The lowest BCUT2D eigenvalue weighted by Crippen LogP contribution is -2.44. The number of esters is 1. The maximum atomic E-state index is 12.9. The van der Waals surface area contributed by atoms with E-state index in [1.165, 1.54) is 0 Å². The van der Waals surface area contributed by atoms with E-state index < -0.39 is 54.1 Å². The van der Waals surface area contributed by atoms with Crippen molar-refractivity contribution in [1.29, 1.82) is 0 Å². The van der Waals surface area contributed by atoms with Gasteiger partial charge in [-0.05, 0) is 38.0 Å². The van der Waals surface area contributed by atoms with Crippen LogP contribution in [0.15, 0.2) is 0 Å². The van der Waals surface area contributed by atoms with Crippen LogP contribution in [-0.2, 0) is 14.3 Å². The van der Waals surface area contributed by atoms with Crippen molar-refractivity contribution in [1.82, 2.24) is 0 Å². The van der Waals surface area contributed by atoms with Crippen LogP contribution in [0.2, 0.25) is 0 Å². The van der Waals surface area contributed by atoms with Gasteiger partial charge >= 0.3 is 5.97 Å². The third kappa shape index (κ3) is 6.51. The van der Waals surface area contributed by atoms with Crippen molar-refractivity contribution >= 4 is 11.8 Å². The Balaban J connectivity index is 3.22. The Morgan fingerprint density at radius 1 is 0.800 bits per heavy atom. The van der Waals surface area contributed by atoms with Gasteiger partial charge in [0.1, 0.15) is 11.9 Å². The van der Waals surface area contributed by atoms with Crippen LogP contribution in [0.1, 0.15) is 74.7 Å². The van der Waals surface area contributed by atoms with Crippen LogP contribution in [0.3, 0.4) is 0 Å². The molecule has 1 fully saturated rings. The van der Waals surface area contributed by atoms with Crippen molar-refractivity contribution in [3.63, 3.8) is 0 Å². The van der Waals surface area contributed by atoms with Gasteiger partial charge in [0.2, 0.25) is 0 Å². The molecule has 1 saturated heterocycles. The summed E-state index contributed by atoms with van der Waals surface area (Å²) in [6.07, 6.45) is -1.39. The summed E-state index contributed by atoms with van der Waals surface area (Å²) in [5, 5.41) is 32.3. The van der Waals surface area contributed by atoms with E-state index in [0.29, 0.717) is 19.3 Å². The molecule has 1 aliphatic heterocycles. The first kappa shape index (κ1) is 27.1. The lowest BCUT2D eigenvalue weighted by atomic mass is 9.77. The van der Waals surface area contributed by atoms with Gasteiger partial charge in [-0.2, -0.15) is 0 Å². The molecule has 0 aromatic heterocycles. The van der Waals surface area contributed by atoms with Gasteiger partial charge in [0, 0.05) is 23.7 Å². The molecule has 1 rings (SSSR count). The molecule has 0 bridgehead atoms. The highest BCUT2D eigenvalue weighted by atomic mass is 16.5. The molecule has 0 unspecified atom stereocenters. The molecule has 6 nitrogen and oxygen atoms in total. The molecule has 0 amide bonds. The number of ether oxygens (including phenoxy) is 1. The molecule has 0 spiro atoms. The van der Waals surface area contributed by atoms with E-state index in [-0.39, 0.29) is 23.5 Å². The van der Waals surface area contributed by atoms with Gasteiger partial charge < -0.3 is 20.1 Å². The van der Waals surface area contributed by atoms with Crippen LogP contribution in [0.25, 0.3) is 0 Å². The second kappa shape index (κ2) is 11.6. The predicted octanol–water partition coefficient (Wildman–Crippen LogP) is 3.21. The minimum Gasteiger partial charge on any atom is -0.462 e. The molecule has 0 aromatic carbocycles. The number of hydrogen-bond donors (Lipinski definition) is 3. The van der Waals surface area contributed by atoms with Gasteiger partial charge in [-0.15, -0.1) is 0 Å². The van der Waals surface area contributed by atoms with E-state index in [2.05, 4.69) is 6.92 Å². The second-order valence-electron chi connectivity index (χ2n) is 10.0. The fourth-order valence-electron chi connectivity index (χ4n) is 5.02. The molecular formula is C24H44O6. The molecular weight excluding hydrogens is 384 g/mol. The standard InChI is InChI=1S/C24H44O6/c1-9-19-15(5)22(27)16(6)20(25)13(3)10-12(2)11-14(4)21(26)17(7)23(28)18(8)24(29)30-19/h12-19,21-23,26-28H,9-11H2,1-8H3/t12-,13+,14-,15-,16-,17+,18+,19+,21-,22-,23-/m0/s1. The Hall–Kier alpha value is -0.980. The lowest BCUT2D eigenvalue weighted by Gasteiger charge is -2.35. The predicted molar refractivity (Wildman–Crippen MR) is 117 cm³/mol. The van der Waals surface area contributed by atoms with Gasteiger partial charge in [0.05, 0.1) is 24.2 Å². The number of aliphatic hydroxyl groups is 3. The molecule has 3 N–H and O–H groups in total. The van der Waals surface area contributed by atoms with E-state index in [4.69, 9.17) is 4.74 Å². The molecule has 0 radical (unpaired) electrons. The van der Waals surface area contributed by atoms with Gasteiger partial charge in [-0.1, -0.05) is 48.5 Å². The lowest BCUT2D eigenvalue weighted by molar-refractivity contribution is -0.166. The fraction of sp³-hybridized carbons (Fsp3) is 0.917. The van der Waals surface area contributed by atoms with Crippen LogP contribution in [0, 0.1) is 41.4 Å². The summed E-state index contributed by atoms with van der Waals surface area (Å²) in [7, 11) is 0. The summed E-state index contributed by atoms with van der Waals surface area (Å²) >= 11 is 0. The number of hydrogen-bond acceptors (Lipinski definition) is 6. The summed E-state index contributed by atoms with van der Waals surface area (Å²) < 4.78 is 5.65. The number of Topliss-reactive ketones (excluding diaryl/α,β-unsaturated/α-hetero) is 1. The highest BCUT2D eigenvalue weighted by Crippen LogP contribution is 2.31. The number of carbonyl (C=O) groups excluding carboxylic acids is 2. The maximum Gasteiger partial charge on any atom is 0.311 e. The minimum absolute atomic E-state index is 0.0137. The van der Waals surface area contributed by atoms with Crippen molar-refractivity contribution < 1.29 is 29.6 Å². The van der Waals surface area contributed by atoms with Crippen molar-refractivity contribution in [3.8, 4) is 0 Å². The minimum atomic E-state index is -1.03. The summed E-state index contributed by atoms with van der Waals surface area (Å²) in [6, 6.07) is 0. The maximum absolute atomic E-state index is 12.9. The van der Waals surface area contributed by atoms with E-state index in [9.17, 15) is 24.9 Å². The zero-order chi connectivity index (χ0) is 23.3. The van der Waals surface area contributed by atoms with Crippen LogP contribution >= 0.6 is 0 Å². The van der Waals surface area contributed by atoms with Crippen LogP contribution in [0.4, 0.5) is 0 Å². The number of ketones is 1. The van der Waals surface area contributed by atoms with Gasteiger partial charge in [0.15, 0.2) is 0 Å². The zero-order valence-electron chi connectivity index (χ0n) is 20.0. The van der Waals surface area contributed by atoms with Crippen LogP contribution in [-0.4, -0.2) is 51.5 Å². The Morgan fingerprint density at radius 2 is 1.33 bits per heavy atom. The average molecular weight is 429 g/mol. The first-order valence-electron chi connectivity index (χ1n) is 11.6. The molecule has 30 heavy (non-hydrogen) atoms. The normalized spacial score (nSPS) is 45.8. The van der Waals surface area contributed by atoms with Crippen molar-refractivity contribution in [3.05, 3.63) is 0 Å². The molecule has 6 heteroatoms. The van der Waals surface area contributed by atoms with E-state index in [1.54, 1.807) is 27.7 Å². The number of rotatable bonds is 1. The van der Waals surface area contributed by atoms with Gasteiger partial charge in [-0.3, -0.25) is 9.59 Å². The topological polar surface area (TPSA) is 104 Å². The first-order valence-corrected chi connectivity index (χ1v) is 11.6. The zero-order valence-corrected chi connectivity index (χ0v) is 20.0. The highest BCUT2D eigenvalue weighted by Gasteiger charge is 2.39. The van der Waals surface area contributed by atoms with Gasteiger partial charge in [-0.25, -0.2) is 0 Å². The monoisotopic (exact) mass is 428 g/mol. The first-order chi connectivity index (χ1) is 13.8. The quantitative estimate of drug-likeness (QED) is 0.554. The summed E-state index contributed by atoms with van der Waals surface area (Å²) in [4.78, 5) is 25.7. The highest BCUT2D eigenvalue weighted by molar-refractivity contribution is 5.83. The van der Waals surface area contributed by atoms with E-state index >= 15 is 0 Å². The Bertz CT molecular complexity index is 564. The summed E-state index contributed by atoms with van der Waals surface area (Å²) in [6.45, 7) is 14.6. The van der Waals surface area contributed by atoms with Crippen molar-refractivity contribution in [2.45, 2.75) is 99.1 Å². The molecule has 0 aliphatic carbocycles. The Morgan fingerprint density at radius 3 is 1.87 bits per heavy atom. The number of carbonyl (C=O) groups is 2. The number of cyclic esters (lactones) is 1. The third-order valence-electron chi connectivity index (χ3n) is 7.32. The van der Waals surface area contributed by atoms with Crippen LogP contribution < -0.4 is 0 Å². The van der Waals surface area contributed by atoms with Crippen molar-refractivity contribution in [2.75, 3.05) is 0 Å². The second-order valence-corrected chi connectivity index (χ2v) is 10.0. The molecule has 176 valence electrons. The molecule has 0 aromatic rings. The fourth-order valence-corrected chi connectivity index (χ4v) is 5.02. The van der Waals surface area contributed by atoms with Crippen LogP contribution in [0.5, 0.6) is 0 Å². The Kier molecular flexibility index (Phi) is 10.4. The average Bonchev–Trinajstić information content (AvgIpc) is 2.71. The molecule has 1 heterocycles. The summed E-state index contributed by atoms with van der Waals surface area (Å²) in [5.41, 5.74) is 0. The molecule has 11 atom stereocenters. The van der Waals surface area contributed by atoms with E-state index in [0.717, 1.165) is 0 Å².